The first-order valence-corrected chi connectivity index (χ1v) is 24.0. The number of hydrogen-bond acceptors (Lipinski definition) is 19. The van der Waals surface area contributed by atoms with Crippen LogP contribution in [0.3, 0.4) is 0 Å². The molecule has 5 heterocycles. The van der Waals surface area contributed by atoms with Crippen LogP contribution in [0.25, 0.3) is 0 Å². The van der Waals surface area contributed by atoms with E-state index in [1.54, 1.807) is 6.92 Å². The molecule has 5 saturated heterocycles. The van der Waals surface area contributed by atoms with Gasteiger partial charge in [-0.05, 0) is 107 Å². The SMILES string of the molecule is C[C@H]1O[C@@H](O[C@H]2[C@H](O[C@H]3CC[C@]4(C)C5=C[C@H](O)[C@]67C(=O)O[C@@](C)(C8CCC(C)(C)O8)[C@@]6(O)CC[C@@]7(C)C5CCC4C3(C)C)OC[C@@H](O[C@@H]3O[C@H](CO)[C@@H](O)[C@H](O)[C@H]3O)[C@@H]2O)[C@H](O)[C@@H](O)[C@@H]1O. The average molecular weight is 943 g/mol. The number of carbonyl (C=O) groups excluding carboxylic acids is 1. The summed E-state index contributed by atoms with van der Waals surface area (Å²) >= 11 is 0. The van der Waals surface area contributed by atoms with E-state index in [4.69, 9.17) is 37.9 Å². The number of ether oxygens (including phenoxy) is 8. The van der Waals surface area contributed by atoms with Crippen LogP contribution in [0.5, 0.6) is 0 Å². The molecule has 19 nitrogen and oxygen atoms in total. The third kappa shape index (κ3) is 6.80. The Morgan fingerprint density at radius 1 is 0.712 bits per heavy atom. The van der Waals surface area contributed by atoms with Crippen LogP contribution in [0, 0.1) is 33.5 Å². The minimum Gasteiger partial charge on any atom is -0.453 e. The summed E-state index contributed by atoms with van der Waals surface area (Å²) in [4.78, 5) is 14.6. The summed E-state index contributed by atoms with van der Waals surface area (Å²) in [7, 11) is 0. The lowest BCUT2D eigenvalue weighted by atomic mass is 9.40. The maximum absolute atomic E-state index is 14.6. The number of cyclic esters (lactones) is 1. The van der Waals surface area contributed by atoms with Crippen LogP contribution in [-0.4, -0.2) is 191 Å². The van der Waals surface area contributed by atoms with Crippen LogP contribution in [0.1, 0.15) is 107 Å². The quantitative estimate of drug-likeness (QED) is 0.0828. The second-order valence-corrected chi connectivity index (χ2v) is 23.0. The van der Waals surface area contributed by atoms with Gasteiger partial charge in [0.25, 0.3) is 0 Å². The van der Waals surface area contributed by atoms with Gasteiger partial charge in [-0.2, -0.15) is 0 Å². The van der Waals surface area contributed by atoms with Crippen molar-refractivity contribution in [2.75, 3.05) is 13.2 Å². The summed E-state index contributed by atoms with van der Waals surface area (Å²) in [6, 6.07) is 0. The Kier molecular flexibility index (Phi) is 12.4. The molecule has 9 rings (SSSR count). The number of allylic oxidation sites excluding steroid dienone is 1. The van der Waals surface area contributed by atoms with Gasteiger partial charge in [-0.15, -0.1) is 0 Å². The summed E-state index contributed by atoms with van der Waals surface area (Å²) in [6.07, 6.45) is -17.2. The number of fused-ring (bicyclic) bond motifs is 4. The molecule has 3 unspecified atom stereocenters. The molecule has 10 N–H and O–H groups in total. The monoisotopic (exact) mass is 942 g/mol. The number of hydrogen-bond donors (Lipinski definition) is 10. The molecule has 1 spiro atoms. The predicted molar refractivity (Wildman–Crippen MR) is 225 cm³/mol. The van der Waals surface area contributed by atoms with Gasteiger partial charge in [0.2, 0.25) is 0 Å². The smallest absolute Gasteiger partial charge is 0.319 e. The Labute approximate surface area is 385 Å². The predicted octanol–water partition coefficient (Wildman–Crippen LogP) is -0.569. The van der Waals surface area contributed by atoms with Crippen LogP contribution < -0.4 is 0 Å². The molecule has 9 aliphatic rings. The first-order chi connectivity index (χ1) is 30.7. The van der Waals surface area contributed by atoms with Crippen LogP contribution in [0.2, 0.25) is 0 Å². The van der Waals surface area contributed by atoms with Gasteiger partial charge in [0.05, 0.1) is 37.1 Å². The summed E-state index contributed by atoms with van der Waals surface area (Å²) < 4.78 is 49.3. The van der Waals surface area contributed by atoms with Crippen molar-refractivity contribution in [2.45, 2.75) is 228 Å². The van der Waals surface area contributed by atoms with Crippen molar-refractivity contribution in [1.29, 1.82) is 0 Å². The Morgan fingerprint density at radius 2 is 1.38 bits per heavy atom. The van der Waals surface area contributed by atoms with Crippen LogP contribution in [-0.2, 0) is 42.7 Å². The molecule has 4 aliphatic carbocycles. The average Bonchev–Trinajstić information content (AvgIpc) is 3.83. The third-order valence-corrected chi connectivity index (χ3v) is 18.8. The summed E-state index contributed by atoms with van der Waals surface area (Å²) in [6.45, 7) is 14.7. The lowest BCUT2D eigenvalue weighted by Gasteiger charge is -2.64. The summed E-state index contributed by atoms with van der Waals surface area (Å²) in [5.74, 6) is -0.747. The second kappa shape index (κ2) is 16.5. The van der Waals surface area contributed by atoms with E-state index in [1.807, 2.05) is 19.9 Å². The summed E-state index contributed by atoms with van der Waals surface area (Å²) in [5.41, 5.74) is -5.92. The van der Waals surface area contributed by atoms with Gasteiger partial charge in [-0.25, -0.2) is 0 Å². The van der Waals surface area contributed by atoms with Gasteiger partial charge >= 0.3 is 5.97 Å². The Hall–Kier alpha value is -1.47. The highest BCUT2D eigenvalue weighted by atomic mass is 16.8. The van der Waals surface area contributed by atoms with E-state index in [2.05, 4.69) is 27.7 Å². The number of rotatable bonds is 8. The summed E-state index contributed by atoms with van der Waals surface area (Å²) in [5, 5.41) is 111. The van der Waals surface area contributed by atoms with Crippen molar-refractivity contribution < 1.29 is 93.8 Å². The van der Waals surface area contributed by atoms with Gasteiger partial charge < -0.3 is 89.0 Å². The fourth-order valence-corrected chi connectivity index (χ4v) is 14.9. The van der Waals surface area contributed by atoms with E-state index < -0.39 is 155 Å². The van der Waals surface area contributed by atoms with E-state index >= 15 is 0 Å². The minimum atomic E-state index is -1.78. The molecule has 0 aromatic heterocycles. The number of carbonyl (C=O) groups is 1. The van der Waals surface area contributed by atoms with Crippen molar-refractivity contribution in [1.82, 2.24) is 0 Å². The third-order valence-electron chi connectivity index (χ3n) is 18.8. The van der Waals surface area contributed by atoms with Crippen LogP contribution in [0.15, 0.2) is 11.6 Å². The molecule has 0 radical (unpaired) electrons. The maximum Gasteiger partial charge on any atom is 0.319 e. The standard InChI is InChI=1S/C47H74O19/c1-20-29(50)32(53)34(55)37(60-20)64-36-31(52)24(62-38-35(56)33(54)30(51)23(18-48)61-38)19-59-39(36)63-27-12-14-43(6)22-17-26(49)47-40(57)66-45(8,28-11-13-41(2,3)65-28)46(47,58)16-15-44(47,7)21(22)9-10-25(43)42(27,4)5/h17,20-21,23-39,48-56,58H,9-16,18-19H2,1-8H3/t20-,21?,23-,24-,25?,26+,27+,28?,29-,30-,31+,32+,33+,34-,35-,36-,37+,38+,39+,43-,44+,45+,46+,47-/m1/s1. The highest BCUT2D eigenvalue weighted by Gasteiger charge is 2.87. The van der Waals surface area contributed by atoms with Gasteiger partial charge in [0, 0.05) is 0 Å². The van der Waals surface area contributed by atoms with Crippen molar-refractivity contribution in [3.8, 4) is 0 Å². The van der Waals surface area contributed by atoms with Crippen molar-refractivity contribution >= 4 is 5.97 Å². The molecular formula is C47H74O19. The first kappa shape index (κ1) is 49.5. The zero-order chi connectivity index (χ0) is 48.1. The Morgan fingerprint density at radius 3 is 2.03 bits per heavy atom. The molecule has 5 aliphatic heterocycles. The molecule has 3 saturated carbocycles. The molecule has 0 aromatic carbocycles. The normalized spacial score (nSPS) is 56.4. The fraction of sp³-hybridized carbons (Fsp3) is 0.936. The van der Waals surface area contributed by atoms with Crippen molar-refractivity contribution in [3.05, 3.63) is 11.6 Å². The second-order valence-electron chi connectivity index (χ2n) is 23.0. The van der Waals surface area contributed by atoms with E-state index in [-0.39, 0.29) is 24.9 Å². The molecule has 8 fully saturated rings. The molecular weight excluding hydrogens is 868 g/mol. The van der Waals surface area contributed by atoms with Crippen LogP contribution >= 0.6 is 0 Å². The molecule has 0 bridgehead atoms. The van der Waals surface area contributed by atoms with Gasteiger partial charge in [-0.1, -0.05) is 39.3 Å². The lowest BCUT2D eigenvalue weighted by molar-refractivity contribution is -0.380. The number of esters is 1. The molecule has 66 heavy (non-hydrogen) atoms. The van der Waals surface area contributed by atoms with E-state index in [1.165, 1.54) is 6.92 Å². The molecule has 19 heteroatoms. The molecule has 24 atom stereocenters. The topological polar surface area (TPSA) is 293 Å². The van der Waals surface area contributed by atoms with Crippen molar-refractivity contribution in [3.63, 3.8) is 0 Å². The van der Waals surface area contributed by atoms with E-state index in [0.717, 1.165) is 18.4 Å². The zero-order valence-corrected chi connectivity index (χ0v) is 39.3. The van der Waals surface area contributed by atoms with Gasteiger partial charge in [0.1, 0.15) is 78.2 Å². The number of aliphatic hydroxyl groups is 10. The maximum atomic E-state index is 14.6. The highest BCUT2D eigenvalue weighted by molar-refractivity contribution is 5.86. The fourth-order valence-electron chi connectivity index (χ4n) is 14.9. The van der Waals surface area contributed by atoms with Gasteiger partial charge in [-0.3, -0.25) is 4.79 Å². The first-order valence-electron chi connectivity index (χ1n) is 24.0. The van der Waals surface area contributed by atoms with Gasteiger partial charge in [0.15, 0.2) is 24.5 Å². The molecule has 376 valence electrons. The van der Waals surface area contributed by atoms with E-state index in [0.29, 0.717) is 32.1 Å². The molecule has 0 aromatic rings. The Bertz CT molecular complexity index is 1880. The van der Waals surface area contributed by atoms with E-state index in [9.17, 15) is 55.9 Å². The van der Waals surface area contributed by atoms with Crippen LogP contribution in [0.4, 0.5) is 0 Å². The van der Waals surface area contributed by atoms with Crippen molar-refractivity contribution in [2.24, 2.45) is 33.5 Å². The largest absolute Gasteiger partial charge is 0.453 e. The zero-order valence-electron chi connectivity index (χ0n) is 39.3. The lowest BCUT2D eigenvalue weighted by Crippen LogP contribution is -2.69. The number of aliphatic hydroxyl groups excluding tert-OH is 9. The minimum absolute atomic E-state index is 0.0255. The Balaban J connectivity index is 0.973. The molecule has 0 amide bonds. The highest BCUT2D eigenvalue weighted by Crippen LogP contribution is 2.77.